The Kier molecular flexibility index (Phi) is 6.47. The van der Waals surface area contributed by atoms with Gasteiger partial charge in [-0.2, -0.15) is 11.8 Å². The first-order chi connectivity index (χ1) is 9.49. The molecule has 110 valence electrons. The van der Waals surface area contributed by atoms with E-state index in [1.807, 2.05) is 6.26 Å². The number of carbonyl (C=O) groups is 2. The van der Waals surface area contributed by atoms with Crippen LogP contribution in [0.1, 0.15) is 16.8 Å². The number of methoxy groups -OCH3 is 1. The topological polar surface area (TPSA) is 81.4 Å². The van der Waals surface area contributed by atoms with Gasteiger partial charge >= 0.3 is 5.97 Å². The molecule has 1 aromatic carbocycles. The van der Waals surface area contributed by atoms with Gasteiger partial charge in [0.2, 0.25) is 5.91 Å². The van der Waals surface area contributed by atoms with Gasteiger partial charge in [-0.15, -0.1) is 0 Å². The summed E-state index contributed by atoms with van der Waals surface area (Å²) in [5, 5.41) is 2.55. The van der Waals surface area contributed by atoms with Crippen molar-refractivity contribution in [2.45, 2.75) is 12.5 Å². The molecule has 0 unspecified atom stereocenters. The molecule has 1 amide bonds. The molecule has 20 heavy (non-hydrogen) atoms. The summed E-state index contributed by atoms with van der Waals surface area (Å²) in [6.07, 6.45) is 2.46. The minimum Gasteiger partial charge on any atom is -0.465 e. The van der Waals surface area contributed by atoms with E-state index in [-0.39, 0.29) is 11.5 Å². The fraction of sp³-hybridized carbons (Fsp3) is 0.385. The molecule has 0 spiro atoms. The van der Waals surface area contributed by atoms with E-state index in [4.69, 9.17) is 5.73 Å². The zero-order valence-electron chi connectivity index (χ0n) is 11.3. The molecule has 0 saturated heterocycles. The second-order valence-electron chi connectivity index (χ2n) is 4.06. The van der Waals surface area contributed by atoms with Gasteiger partial charge in [-0.05, 0) is 36.6 Å². The lowest BCUT2D eigenvalue weighted by atomic mass is 10.1. The number of nitrogens with one attached hydrogen (secondary N) is 1. The van der Waals surface area contributed by atoms with Gasteiger partial charge < -0.3 is 15.8 Å². The van der Waals surface area contributed by atoms with E-state index in [1.165, 1.54) is 12.1 Å². The number of anilines is 1. The molecular formula is C13H17FN2O3S. The van der Waals surface area contributed by atoms with E-state index in [0.717, 1.165) is 18.9 Å². The van der Waals surface area contributed by atoms with Crippen molar-refractivity contribution < 1.29 is 18.7 Å². The first-order valence-corrected chi connectivity index (χ1v) is 7.32. The van der Waals surface area contributed by atoms with E-state index in [2.05, 4.69) is 10.1 Å². The number of ether oxygens (including phenoxy) is 1. The Morgan fingerprint density at radius 1 is 1.50 bits per heavy atom. The van der Waals surface area contributed by atoms with Crippen LogP contribution in [0, 0.1) is 5.82 Å². The Morgan fingerprint density at radius 2 is 2.20 bits per heavy atom. The highest BCUT2D eigenvalue weighted by molar-refractivity contribution is 7.98. The predicted octanol–water partition coefficient (Wildman–Crippen LogP) is 1.63. The maximum absolute atomic E-state index is 13.4. The first-order valence-electron chi connectivity index (χ1n) is 5.92. The number of esters is 1. The number of halogens is 1. The maximum atomic E-state index is 13.4. The third-order valence-electron chi connectivity index (χ3n) is 2.61. The van der Waals surface area contributed by atoms with E-state index in [9.17, 15) is 14.0 Å². The number of hydrogen-bond donors (Lipinski definition) is 2. The lowest BCUT2D eigenvalue weighted by Gasteiger charge is -2.12. The second kappa shape index (κ2) is 7.86. The van der Waals surface area contributed by atoms with Crippen LogP contribution >= 0.6 is 11.8 Å². The monoisotopic (exact) mass is 300 g/mol. The number of nitrogens with two attached hydrogens (primary N) is 1. The molecular weight excluding hydrogens is 283 g/mol. The van der Waals surface area contributed by atoms with Crippen molar-refractivity contribution in [3.63, 3.8) is 0 Å². The quantitative estimate of drug-likeness (QED) is 0.780. The van der Waals surface area contributed by atoms with Crippen LogP contribution < -0.4 is 11.1 Å². The van der Waals surface area contributed by atoms with Crippen molar-refractivity contribution in [3.8, 4) is 0 Å². The number of rotatable bonds is 6. The molecule has 0 aliphatic heterocycles. The molecule has 0 aromatic heterocycles. The lowest BCUT2D eigenvalue weighted by Crippen LogP contribution is -2.36. The van der Waals surface area contributed by atoms with E-state index in [1.54, 1.807) is 11.8 Å². The zero-order chi connectivity index (χ0) is 15.1. The summed E-state index contributed by atoms with van der Waals surface area (Å²) in [5.41, 5.74) is 5.78. The SMILES string of the molecule is COC(=O)c1cc(NC(=O)[C@@H](N)CCSC)ccc1F. The van der Waals surface area contributed by atoms with Gasteiger partial charge in [0, 0.05) is 5.69 Å². The van der Waals surface area contributed by atoms with Gasteiger partial charge in [-0.25, -0.2) is 9.18 Å². The van der Waals surface area contributed by atoms with Crippen molar-refractivity contribution in [1.29, 1.82) is 0 Å². The minimum absolute atomic E-state index is 0.233. The van der Waals surface area contributed by atoms with Crippen LogP contribution in [0.2, 0.25) is 0 Å². The van der Waals surface area contributed by atoms with E-state index < -0.39 is 17.8 Å². The van der Waals surface area contributed by atoms with Crippen molar-refractivity contribution in [2.75, 3.05) is 24.4 Å². The smallest absolute Gasteiger partial charge is 0.340 e. The average Bonchev–Trinajstić information content (AvgIpc) is 2.45. The fourth-order valence-corrected chi connectivity index (χ4v) is 1.97. The van der Waals surface area contributed by atoms with Crippen LogP contribution in [0.15, 0.2) is 18.2 Å². The van der Waals surface area contributed by atoms with Gasteiger partial charge in [0.25, 0.3) is 0 Å². The molecule has 0 bridgehead atoms. The standard InChI is InChI=1S/C13H17FN2O3S/c1-19-13(18)9-7-8(3-4-10(9)14)16-12(17)11(15)5-6-20-2/h3-4,7,11H,5-6,15H2,1-2H3,(H,16,17)/t11-/m0/s1. The normalized spacial score (nSPS) is 11.8. The fourth-order valence-electron chi connectivity index (χ4n) is 1.48. The van der Waals surface area contributed by atoms with E-state index >= 15 is 0 Å². The van der Waals surface area contributed by atoms with E-state index in [0.29, 0.717) is 12.1 Å². The summed E-state index contributed by atoms with van der Waals surface area (Å²) in [6, 6.07) is 3.03. The van der Waals surface area contributed by atoms with Crippen LogP contribution in [-0.2, 0) is 9.53 Å². The Morgan fingerprint density at radius 3 is 2.80 bits per heavy atom. The number of carbonyl (C=O) groups excluding carboxylic acids is 2. The summed E-state index contributed by atoms with van der Waals surface area (Å²) in [7, 11) is 1.16. The summed E-state index contributed by atoms with van der Waals surface area (Å²) in [5.74, 6) is -1.11. The molecule has 0 heterocycles. The highest BCUT2D eigenvalue weighted by Crippen LogP contribution is 2.16. The second-order valence-corrected chi connectivity index (χ2v) is 5.05. The molecule has 0 aliphatic rings. The summed E-state index contributed by atoms with van der Waals surface area (Å²) >= 11 is 1.59. The third-order valence-corrected chi connectivity index (χ3v) is 3.25. The Hall–Kier alpha value is -1.60. The van der Waals surface area contributed by atoms with Crippen molar-refractivity contribution >= 4 is 29.3 Å². The number of benzene rings is 1. The number of hydrogen-bond acceptors (Lipinski definition) is 5. The predicted molar refractivity (Wildman–Crippen MR) is 77.3 cm³/mol. The third kappa shape index (κ3) is 4.50. The van der Waals surface area contributed by atoms with Crippen LogP contribution in [0.3, 0.4) is 0 Å². The molecule has 0 radical (unpaired) electrons. The van der Waals surface area contributed by atoms with Gasteiger partial charge in [-0.1, -0.05) is 0 Å². The molecule has 1 rings (SSSR count). The van der Waals surface area contributed by atoms with Gasteiger partial charge in [0.05, 0.1) is 18.7 Å². The summed E-state index contributed by atoms with van der Waals surface area (Å²) in [6.45, 7) is 0. The van der Waals surface area contributed by atoms with Crippen LogP contribution in [0.25, 0.3) is 0 Å². The summed E-state index contributed by atoms with van der Waals surface area (Å²) < 4.78 is 17.9. The van der Waals surface area contributed by atoms with Gasteiger partial charge in [-0.3, -0.25) is 4.79 Å². The minimum atomic E-state index is -0.801. The molecule has 0 saturated carbocycles. The van der Waals surface area contributed by atoms with Crippen LogP contribution in [-0.4, -0.2) is 37.0 Å². The Labute approximate surface area is 121 Å². The maximum Gasteiger partial charge on any atom is 0.340 e. The Balaban J connectivity index is 2.78. The Bertz CT molecular complexity index is 497. The van der Waals surface area contributed by atoms with Gasteiger partial charge in [0.1, 0.15) is 5.82 Å². The molecule has 7 heteroatoms. The summed E-state index contributed by atoms with van der Waals surface area (Å²) in [4.78, 5) is 23.1. The molecule has 0 aliphatic carbocycles. The highest BCUT2D eigenvalue weighted by Gasteiger charge is 2.16. The molecule has 5 nitrogen and oxygen atoms in total. The number of thioether (sulfide) groups is 1. The van der Waals surface area contributed by atoms with Crippen LogP contribution in [0.4, 0.5) is 10.1 Å². The molecule has 1 aromatic rings. The average molecular weight is 300 g/mol. The van der Waals surface area contributed by atoms with Crippen molar-refractivity contribution in [3.05, 3.63) is 29.6 Å². The molecule has 0 fully saturated rings. The number of amides is 1. The largest absolute Gasteiger partial charge is 0.465 e. The van der Waals surface area contributed by atoms with Crippen molar-refractivity contribution in [1.82, 2.24) is 0 Å². The van der Waals surface area contributed by atoms with Crippen LogP contribution in [0.5, 0.6) is 0 Å². The molecule has 1 atom stereocenters. The highest BCUT2D eigenvalue weighted by atomic mass is 32.2. The molecule has 3 N–H and O–H groups in total. The lowest BCUT2D eigenvalue weighted by molar-refractivity contribution is -0.117. The van der Waals surface area contributed by atoms with Crippen molar-refractivity contribution in [2.24, 2.45) is 5.73 Å². The zero-order valence-corrected chi connectivity index (χ0v) is 12.1. The first kappa shape index (κ1) is 16.5. The van der Waals surface area contributed by atoms with Gasteiger partial charge in [0.15, 0.2) is 0 Å².